The number of aromatic amines is 1. The Hall–Kier alpha value is -2.81. The molecule has 0 radical (unpaired) electrons. The number of nitrogens with one attached hydrogen (secondary N) is 1. The number of hydrogen-bond acceptors (Lipinski definition) is 7. The number of carboxylic acid groups (broad SMARTS) is 1. The first-order chi connectivity index (χ1) is 12.0. The molecule has 0 amide bonds. The third kappa shape index (κ3) is 4.38. The fourth-order valence-electron chi connectivity index (χ4n) is 2.00. The summed E-state index contributed by atoms with van der Waals surface area (Å²) in [6.07, 6.45) is 0. The molecular weight excluding hydrogens is 354 g/mol. The lowest BCUT2D eigenvalue weighted by molar-refractivity contribution is -0.139. The van der Waals surface area contributed by atoms with Crippen molar-refractivity contribution in [3.63, 3.8) is 0 Å². The first-order valence-electron chi connectivity index (χ1n) is 7.37. The molecule has 0 saturated carbocycles. The van der Waals surface area contributed by atoms with Crippen molar-refractivity contribution in [3.05, 3.63) is 22.8 Å². The highest BCUT2D eigenvalue weighted by Crippen LogP contribution is 2.38. The number of ether oxygens (including phenoxy) is 3. The van der Waals surface area contributed by atoms with E-state index in [0.29, 0.717) is 12.2 Å². The normalized spacial score (nSPS) is 10.4. The van der Waals surface area contributed by atoms with E-state index < -0.39 is 18.5 Å². The average Bonchev–Trinajstić information content (AvgIpc) is 3.04. The van der Waals surface area contributed by atoms with Crippen LogP contribution in [-0.2, 0) is 9.53 Å². The van der Waals surface area contributed by atoms with E-state index in [2.05, 4.69) is 15.4 Å². The van der Waals surface area contributed by atoms with Gasteiger partial charge >= 0.3 is 11.9 Å². The molecule has 1 aromatic heterocycles. The van der Waals surface area contributed by atoms with E-state index in [1.54, 1.807) is 13.8 Å². The zero-order chi connectivity index (χ0) is 18.4. The van der Waals surface area contributed by atoms with Crippen molar-refractivity contribution in [2.45, 2.75) is 13.8 Å². The largest absolute Gasteiger partial charge is 0.490 e. The highest BCUT2D eigenvalue weighted by atomic mass is 35.5. The van der Waals surface area contributed by atoms with Gasteiger partial charge in [-0.2, -0.15) is 10.3 Å². The van der Waals surface area contributed by atoms with E-state index in [0.717, 1.165) is 0 Å². The van der Waals surface area contributed by atoms with Gasteiger partial charge in [0.1, 0.15) is 5.69 Å². The highest BCUT2D eigenvalue weighted by Gasteiger charge is 2.23. The monoisotopic (exact) mass is 369 g/mol. The maximum atomic E-state index is 12.0. The lowest BCUT2D eigenvalue weighted by atomic mass is 10.1. The number of benzene rings is 1. The van der Waals surface area contributed by atoms with Gasteiger partial charge in [0.25, 0.3) is 0 Å². The standard InChI is InChI=1S/C15H16ClN3O6/c1-3-23-10-5-8(9(16)6-11(10)25-7-12(20)21)13-14(18-19-17-13)15(22)24-4-2/h5-6H,3-4,7H2,1-2H3,(H,20,21)(H,17,18,19). The molecule has 10 heteroatoms. The van der Waals surface area contributed by atoms with Gasteiger partial charge in [-0.05, 0) is 19.9 Å². The van der Waals surface area contributed by atoms with Crippen molar-refractivity contribution in [1.29, 1.82) is 0 Å². The predicted octanol–water partition coefficient (Wildman–Crippen LogP) is 2.16. The molecule has 0 spiro atoms. The molecule has 0 atom stereocenters. The summed E-state index contributed by atoms with van der Waals surface area (Å²) in [5, 5.41) is 19.0. The number of halogens is 1. The molecule has 0 aliphatic carbocycles. The second kappa shape index (κ2) is 8.34. The molecule has 25 heavy (non-hydrogen) atoms. The molecule has 0 unspecified atom stereocenters. The molecule has 134 valence electrons. The van der Waals surface area contributed by atoms with Gasteiger partial charge in [-0.15, -0.1) is 5.10 Å². The molecule has 2 N–H and O–H groups in total. The molecule has 2 aromatic rings. The first-order valence-corrected chi connectivity index (χ1v) is 7.74. The summed E-state index contributed by atoms with van der Waals surface area (Å²) in [6, 6.07) is 2.90. The number of aromatic nitrogens is 3. The maximum absolute atomic E-state index is 12.0. The van der Waals surface area contributed by atoms with Gasteiger partial charge in [0, 0.05) is 11.6 Å². The van der Waals surface area contributed by atoms with Crippen LogP contribution in [0.2, 0.25) is 5.02 Å². The quantitative estimate of drug-likeness (QED) is 0.678. The number of esters is 1. The molecule has 0 fully saturated rings. The SMILES string of the molecule is CCOC(=O)c1n[nH]nc1-c1cc(OCC)c(OCC(=O)O)cc1Cl. The average molecular weight is 370 g/mol. The summed E-state index contributed by atoms with van der Waals surface area (Å²) in [5.74, 6) is -1.35. The van der Waals surface area contributed by atoms with Crippen LogP contribution >= 0.6 is 11.6 Å². The Morgan fingerprint density at radius 1 is 1.16 bits per heavy atom. The minimum atomic E-state index is -1.14. The third-order valence-electron chi connectivity index (χ3n) is 2.96. The van der Waals surface area contributed by atoms with E-state index in [-0.39, 0.29) is 34.5 Å². The summed E-state index contributed by atoms with van der Waals surface area (Å²) >= 11 is 6.25. The molecule has 9 nitrogen and oxygen atoms in total. The minimum absolute atomic E-state index is 0.0228. The van der Waals surface area contributed by atoms with Gasteiger partial charge in [-0.3, -0.25) is 0 Å². The van der Waals surface area contributed by atoms with Gasteiger partial charge in [-0.1, -0.05) is 11.6 Å². The summed E-state index contributed by atoms with van der Waals surface area (Å²) < 4.78 is 15.6. The van der Waals surface area contributed by atoms with E-state index >= 15 is 0 Å². The smallest absolute Gasteiger partial charge is 0.361 e. The van der Waals surface area contributed by atoms with Gasteiger partial charge in [0.15, 0.2) is 23.8 Å². The zero-order valence-electron chi connectivity index (χ0n) is 13.5. The van der Waals surface area contributed by atoms with Crippen LogP contribution in [0.1, 0.15) is 24.3 Å². The number of carboxylic acids is 1. The van der Waals surface area contributed by atoms with Crippen molar-refractivity contribution in [2.24, 2.45) is 0 Å². The number of H-pyrrole nitrogens is 1. The Kier molecular flexibility index (Phi) is 6.18. The van der Waals surface area contributed by atoms with E-state index in [4.69, 9.17) is 30.9 Å². The molecule has 1 aromatic carbocycles. The maximum Gasteiger partial charge on any atom is 0.361 e. The lowest BCUT2D eigenvalue weighted by Gasteiger charge is -2.13. The molecule has 2 rings (SSSR count). The van der Waals surface area contributed by atoms with Gasteiger partial charge < -0.3 is 19.3 Å². The van der Waals surface area contributed by atoms with Crippen LogP contribution < -0.4 is 9.47 Å². The number of hydrogen-bond donors (Lipinski definition) is 2. The summed E-state index contributed by atoms with van der Waals surface area (Å²) in [6.45, 7) is 3.38. The number of carbonyl (C=O) groups is 2. The van der Waals surface area contributed by atoms with E-state index in [1.807, 2.05) is 0 Å². The fraction of sp³-hybridized carbons (Fsp3) is 0.333. The number of nitrogens with zero attached hydrogens (tertiary/aromatic N) is 2. The Labute approximate surface area is 147 Å². The van der Waals surface area contributed by atoms with Gasteiger partial charge in [-0.25, -0.2) is 9.59 Å². The van der Waals surface area contributed by atoms with Crippen LogP contribution in [0.15, 0.2) is 12.1 Å². The molecule has 1 heterocycles. The number of aliphatic carboxylic acids is 1. The van der Waals surface area contributed by atoms with Crippen LogP contribution in [0.4, 0.5) is 0 Å². The van der Waals surface area contributed by atoms with Gasteiger partial charge in [0.05, 0.1) is 18.2 Å². The van der Waals surface area contributed by atoms with Crippen molar-refractivity contribution < 1.29 is 28.9 Å². The van der Waals surface area contributed by atoms with E-state index in [9.17, 15) is 9.59 Å². The zero-order valence-corrected chi connectivity index (χ0v) is 14.3. The summed E-state index contributed by atoms with van der Waals surface area (Å²) in [5.41, 5.74) is 0.532. The van der Waals surface area contributed by atoms with Crippen molar-refractivity contribution in [3.8, 4) is 22.8 Å². The molecule has 0 aliphatic rings. The van der Waals surface area contributed by atoms with Crippen LogP contribution in [0.3, 0.4) is 0 Å². The molecule has 0 aliphatic heterocycles. The van der Waals surface area contributed by atoms with Crippen LogP contribution in [0.25, 0.3) is 11.3 Å². The first kappa shape index (κ1) is 18.5. The van der Waals surface area contributed by atoms with Crippen molar-refractivity contribution >= 4 is 23.5 Å². The number of rotatable bonds is 8. The van der Waals surface area contributed by atoms with Crippen LogP contribution in [-0.4, -0.2) is 52.3 Å². The van der Waals surface area contributed by atoms with Gasteiger partial charge in [0.2, 0.25) is 0 Å². The molecular formula is C15H16ClN3O6. The lowest BCUT2D eigenvalue weighted by Crippen LogP contribution is -2.10. The molecule has 0 saturated heterocycles. The Bertz CT molecular complexity index is 777. The summed E-state index contributed by atoms with van der Waals surface area (Å²) in [4.78, 5) is 22.6. The van der Waals surface area contributed by atoms with E-state index in [1.165, 1.54) is 12.1 Å². The second-order valence-corrected chi connectivity index (χ2v) is 5.04. The molecule has 0 bridgehead atoms. The Morgan fingerprint density at radius 3 is 2.52 bits per heavy atom. The van der Waals surface area contributed by atoms with Crippen molar-refractivity contribution in [2.75, 3.05) is 19.8 Å². The summed E-state index contributed by atoms with van der Waals surface area (Å²) in [7, 11) is 0. The van der Waals surface area contributed by atoms with Crippen molar-refractivity contribution in [1.82, 2.24) is 15.4 Å². The Balaban J connectivity index is 2.45. The van der Waals surface area contributed by atoms with Crippen LogP contribution in [0, 0.1) is 0 Å². The number of carbonyl (C=O) groups excluding carboxylic acids is 1. The Morgan fingerprint density at radius 2 is 1.88 bits per heavy atom. The fourth-order valence-corrected chi connectivity index (χ4v) is 2.24. The second-order valence-electron chi connectivity index (χ2n) is 4.64. The highest BCUT2D eigenvalue weighted by molar-refractivity contribution is 6.33. The predicted molar refractivity (Wildman–Crippen MR) is 87.1 cm³/mol. The topological polar surface area (TPSA) is 124 Å². The minimum Gasteiger partial charge on any atom is -0.490 e. The third-order valence-corrected chi connectivity index (χ3v) is 3.27. The van der Waals surface area contributed by atoms with Crippen LogP contribution in [0.5, 0.6) is 11.5 Å².